The highest BCUT2D eigenvalue weighted by molar-refractivity contribution is 5.85. The molecule has 0 aromatic heterocycles. The first-order chi connectivity index (χ1) is 6.79. The van der Waals surface area contributed by atoms with Crippen LogP contribution in [-0.2, 0) is 9.63 Å². The first-order valence-electron chi connectivity index (χ1n) is 4.64. The van der Waals surface area contributed by atoms with Gasteiger partial charge in [0.05, 0.1) is 5.54 Å². The van der Waals surface area contributed by atoms with Crippen molar-refractivity contribution in [2.45, 2.75) is 26.3 Å². The molecule has 0 bridgehead atoms. The van der Waals surface area contributed by atoms with E-state index in [9.17, 15) is 14.9 Å². The van der Waals surface area contributed by atoms with Gasteiger partial charge in [0.2, 0.25) is 5.91 Å². The minimum absolute atomic E-state index is 0.136. The highest BCUT2D eigenvalue weighted by Crippen LogP contribution is 2.03. The van der Waals surface area contributed by atoms with Gasteiger partial charge < -0.3 is 15.5 Å². The Morgan fingerprint density at radius 2 is 2.13 bits per heavy atom. The van der Waals surface area contributed by atoms with Gasteiger partial charge in [0, 0.05) is 13.1 Å². The second kappa shape index (κ2) is 5.50. The lowest BCUT2D eigenvalue weighted by molar-refractivity contribution is -0.757. The molecule has 0 atom stereocenters. The molecule has 0 aliphatic carbocycles. The van der Waals surface area contributed by atoms with Crippen LogP contribution in [0.3, 0.4) is 0 Å². The van der Waals surface area contributed by atoms with Crippen molar-refractivity contribution < 1.29 is 14.7 Å². The van der Waals surface area contributed by atoms with Crippen molar-refractivity contribution in [3.05, 3.63) is 10.1 Å². The van der Waals surface area contributed by atoms with Gasteiger partial charge in [0.25, 0.3) is 5.09 Å². The van der Waals surface area contributed by atoms with Crippen molar-refractivity contribution in [2.24, 2.45) is 5.73 Å². The lowest BCUT2D eigenvalue weighted by atomic mass is 10.1. The first-order valence-corrected chi connectivity index (χ1v) is 4.64. The third-order valence-electron chi connectivity index (χ3n) is 1.78. The van der Waals surface area contributed by atoms with E-state index in [1.54, 1.807) is 20.8 Å². The third-order valence-corrected chi connectivity index (χ3v) is 1.78. The Morgan fingerprint density at radius 3 is 2.47 bits per heavy atom. The van der Waals surface area contributed by atoms with Gasteiger partial charge in [-0.15, -0.1) is 10.1 Å². The van der Waals surface area contributed by atoms with Crippen LogP contribution >= 0.6 is 0 Å². The van der Waals surface area contributed by atoms with E-state index in [1.165, 1.54) is 4.90 Å². The molecule has 0 unspecified atom stereocenters. The van der Waals surface area contributed by atoms with E-state index in [1.807, 2.05) is 0 Å². The number of carbonyl (C=O) groups is 1. The van der Waals surface area contributed by atoms with E-state index in [-0.39, 0.29) is 19.1 Å². The fourth-order valence-corrected chi connectivity index (χ4v) is 1.04. The van der Waals surface area contributed by atoms with Crippen LogP contribution in [0.1, 0.15) is 20.8 Å². The molecule has 7 heteroatoms. The number of nitrogens with two attached hydrogens (primary N) is 1. The highest BCUT2D eigenvalue weighted by Gasteiger charge is 2.26. The summed E-state index contributed by atoms with van der Waals surface area (Å²) < 4.78 is 0. The van der Waals surface area contributed by atoms with Crippen LogP contribution in [-0.4, -0.2) is 41.1 Å². The van der Waals surface area contributed by atoms with Crippen LogP contribution in [0.5, 0.6) is 0 Å². The maximum Gasteiger partial charge on any atom is 0.294 e. The number of rotatable bonds is 6. The molecule has 0 aromatic rings. The fourth-order valence-electron chi connectivity index (χ4n) is 1.04. The SMILES string of the molecule is CCN(CCO[N+](=O)[O-])C(=O)C(C)(C)N. The third kappa shape index (κ3) is 5.16. The minimum Gasteiger partial charge on any atom is -0.339 e. The summed E-state index contributed by atoms with van der Waals surface area (Å²) in [4.78, 5) is 27.1. The van der Waals surface area contributed by atoms with E-state index in [0.29, 0.717) is 6.54 Å². The number of carbonyl (C=O) groups excluding carboxylic acids is 1. The van der Waals surface area contributed by atoms with Crippen molar-refractivity contribution in [1.82, 2.24) is 4.90 Å². The van der Waals surface area contributed by atoms with E-state index in [4.69, 9.17) is 5.73 Å². The van der Waals surface area contributed by atoms with Crippen LogP contribution < -0.4 is 5.73 Å². The molecule has 0 rings (SSSR count). The lowest BCUT2D eigenvalue weighted by Crippen LogP contribution is -2.51. The quantitative estimate of drug-likeness (QED) is 0.492. The number of likely N-dealkylation sites (N-methyl/N-ethyl adjacent to an activating group) is 1. The van der Waals surface area contributed by atoms with Crippen LogP contribution in [0.15, 0.2) is 0 Å². The molecule has 1 amide bonds. The average Bonchev–Trinajstić information content (AvgIpc) is 2.09. The average molecular weight is 219 g/mol. The standard InChI is InChI=1S/C8H17N3O4/c1-4-10(5-6-15-11(13)14)7(12)8(2,3)9/h4-6,9H2,1-3H3. The van der Waals surface area contributed by atoms with E-state index >= 15 is 0 Å². The smallest absolute Gasteiger partial charge is 0.294 e. The van der Waals surface area contributed by atoms with E-state index < -0.39 is 10.6 Å². The Morgan fingerprint density at radius 1 is 1.60 bits per heavy atom. The molecule has 2 N–H and O–H groups in total. The molecule has 7 nitrogen and oxygen atoms in total. The fraction of sp³-hybridized carbons (Fsp3) is 0.875. The van der Waals surface area contributed by atoms with Crippen LogP contribution in [0.2, 0.25) is 0 Å². The van der Waals surface area contributed by atoms with E-state index in [2.05, 4.69) is 4.84 Å². The molecule has 0 saturated carbocycles. The largest absolute Gasteiger partial charge is 0.339 e. The lowest BCUT2D eigenvalue weighted by Gasteiger charge is -2.27. The van der Waals surface area contributed by atoms with Gasteiger partial charge in [0.15, 0.2) is 0 Å². The summed E-state index contributed by atoms with van der Waals surface area (Å²) >= 11 is 0. The minimum atomic E-state index is -0.968. The molecule has 15 heavy (non-hydrogen) atoms. The molecular weight excluding hydrogens is 202 g/mol. The number of hydrogen-bond acceptors (Lipinski definition) is 5. The summed E-state index contributed by atoms with van der Waals surface area (Å²) in [5.74, 6) is -0.253. The maximum atomic E-state index is 11.6. The summed E-state index contributed by atoms with van der Waals surface area (Å²) in [6.45, 7) is 5.43. The van der Waals surface area contributed by atoms with Crippen molar-refractivity contribution in [1.29, 1.82) is 0 Å². The van der Waals surface area contributed by atoms with Gasteiger partial charge in [-0.05, 0) is 20.8 Å². The summed E-state index contributed by atoms with van der Waals surface area (Å²) in [5.41, 5.74) is 4.65. The molecule has 88 valence electrons. The molecule has 0 spiro atoms. The van der Waals surface area contributed by atoms with Crippen molar-refractivity contribution in [3.63, 3.8) is 0 Å². The van der Waals surface area contributed by atoms with Crippen molar-refractivity contribution >= 4 is 5.91 Å². The molecule has 0 fully saturated rings. The van der Waals surface area contributed by atoms with Crippen LogP contribution in [0.4, 0.5) is 0 Å². The molecule has 0 aliphatic rings. The highest BCUT2D eigenvalue weighted by atomic mass is 16.9. The normalized spacial score (nSPS) is 10.9. The van der Waals surface area contributed by atoms with Crippen molar-refractivity contribution in [2.75, 3.05) is 19.7 Å². The Bertz CT molecular complexity index is 237. The summed E-state index contributed by atoms with van der Waals surface area (Å²) in [7, 11) is 0. The molecule has 0 saturated heterocycles. The summed E-state index contributed by atoms with van der Waals surface area (Å²) in [6, 6.07) is 0. The van der Waals surface area contributed by atoms with Gasteiger partial charge in [-0.3, -0.25) is 4.79 Å². The predicted molar refractivity (Wildman–Crippen MR) is 53.5 cm³/mol. The summed E-state index contributed by atoms with van der Waals surface area (Å²) in [6.07, 6.45) is 0. The van der Waals surface area contributed by atoms with Crippen molar-refractivity contribution in [3.8, 4) is 0 Å². The zero-order valence-corrected chi connectivity index (χ0v) is 9.23. The van der Waals surface area contributed by atoms with Gasteiger partial charge in [-0.1, -0.05) is 0 Å². The second-order valence-electron chi connectivity index (χ2n) is 3.66. The zero-order chi connectivity index (χ0) is 12.1. The molecule has 0 radical (unpaired) electrons. The number of nitrogens with zero attached hydrogens (tertiary/aromatic N) is 2. The Hall–Kier alpha value is -1.37. The Balaban J connectivity index is 4.14. The number of hydrogen-bond donors (Lipinski definition) is 1. The van der Waals surface area contributed by atoms with Crippen LogP contribution in [0, 0.1) is 10.1 Å². The van der Waals surface area contributed by atoms with Gasteiger partial charge >= 0.3 is 0 Å². The maximum absolute atomic E-state index is 11.6. The molecule has 0 aromatic carbocycles. The molecule has 0 heterocycles. The zero-order valence-electron chi connectivity index (χ0n) is 9.23. The molecule has 0 aliphatic heterocycles. The first kappa shape index (κ1) is 13.6. The Kier molecular flexibility index (Phi) is 4.99. The predicted octanol–water partition coefficient (Wildman–Crippen LogP) is -0.219. The van der Waals surface area contributed by atoms with Gasteiger partial charge in [-0.25, -0.2) is 0 Å². The van der Waals surface area contributed by atoms with Gasteiger partial charge in [-0.2, -0.15) is 0 Å². The van der Waals surface area contributed by atoms with Gasteiger partial charge in [0.1, 0.15) is 6.61 Å². The Labute approximate surface area is 88.3 Å². The number of amides is 1. The monoisotopic (exact) mass is 219 g/mol. The second-order valence-corrected chi connectivity index (χ2v) is 3.66. The molecular formula is C8H17N3O4. The van der Waals surface area contributed by atoms with E-state index in [0.717, 1.165) is 0 Å². The van der Waals surface area contributed by atoms with Crippen LogP contribution in [0.25, 0.3) is 0 Å². The topological polar surface area (TPSA) is 98.7 Å². The summed E-state index contributed by atoms with van der Waals surface area (Å²) in [5, 5.41) is 9.01.